The number of nitrogens with zero attached hydrogens (tertiary/aromatic N) is 5. The average molecular weight is 506 g/mol. The minimum atomic E-state index is -4.55. The van der Waals surface area contributed by atoms with Crippen molar-refractivity contribution in [3.8, 4) is 11.6 Å². The average Bonchev–Trinajstić information content (AvgIpc) is 3.29. The molecule has 0 saturated heterocycles. The third kappa shape index (κ3) is 4.92. The van der Waals surface area contributed by atoms with E-state index in [1.165, 1.54) is 4.90 Å². The number of pyridine rings is 1. The van der Waals surface area contributed by atoms with Gasteiger partial charge in [-0.05, 0) is 11.6 Å². The molecule has 0 unspecified atom stereocenters. The fourth-order valence-corrected chi connectivity index (χ4v) is 4.01. The highest BCUT2D eigenvalue weighted by molar-refractivity contribution is 6.16. The van der Waals surface area contributed by atoms with E-state index in [0.29, 0.717) is 11.9 Å². The van der Waals surface area contributed by atoms with Crippen LogP contribution in [0.2, 0.25) is 0 Å². The second-order valence-electron chi connectivity index (χ2n) is 8.59. The number of benzene rings is 2. The van der Waals surface area contributed by atoms with Crippen LogP contribution in [-0.2, 0) is 17.4 Å². The lowest BCUT2D eigenvalue weighted by atomic mass is 9.96. The molecule has 8 nitrogen and oxygen atoms in total. The van der Waals surface area contributed by atoms with Gasteiger partial charge in [0.25, 0.3) is 5.89 Å². The van der Waals surface area contributed by atoms with Gasteiger partial charge in [0, 0.05) is 37.8 Å². The van der Waals surface area contributed by atoms with E-state index in [4.69, 9.17) is 9.41 Å². The Morgan fingerprint density at radius 3 is 2.49 bits per heavy atom. The first-order valence-corrected chi connectivity index (χ1v) is 11.3. The number of carbonyl (C=O) groups excluding carboxylic acids is 1. The first-order chi connectivity index (χ1) is 17.7. The standard InChI is InChI=1S/C26H21F3N6O2/c1-35(2)19-13-17(26(27,28)29)14-30-22(19)24-33-34-25(37-24)32-23-20(36)12-16-10-6-7-11-18(16)21(31-23)15-8-4-3-5-9-15/h3-11,13-14,23H,12H2,1-2H3,(H,32,34)/t23-/m1/s1. The van der Waals surface area contributed by atoms with E-state index in [1.54, 1.807) is 14.1 Å². The van der Waals surface area contributed by atoms with E-state index < -0.39 is 17.9 Å². The summed E-state index contributed by atoms with van der Waals surface area (Å²) in [5, 5.41) is 10.8. The Morgan fingerprint density at radius 2 is 1.76 bits per heavy atom. The van der Waals surface area contributed by atoms with E-state index in [0.717, 1.165) is 22.8 Å². The minimum absolute atomic E-state index is 0.0756. The van der Waals surface area contributed by atoms with Gasteiger partial charge in [-0.3, -0.25) is 9.79 Å². The zero-order valence-electron chi connectivity index (χ0n) is 19.8. The molecule has 2 aromatic carbocycles. The molecular weight excluding hydrogens is 485 g/mol. The first-order valence-electron chi connectivity index (χ1n) is 11.3. The Bertz CT molecular complexity index is 1480. The number of anilines is 2. The van der Waals surface area contributed by atoms with Gasteiger partial charge in [0.2, 0.25) is 0 Å². The van der Waals surface area contributed by atoms with Crippen LogP contribution in [0.15, 0.2) is 76.3 Å². The van der Waals surface area contributed by atoms with Crippen molar-refractivity contribution in [3.05, 3.63) is 89.1 Å². The van der Waals surface area contributed by atoms with E-state index in [9.17, 15) is 18.0 Å². The Morgan fingerprint density at radius 1 is 1.03 bits per heavy atom. The van der Waals surface area contributed by atoms with E-state index in [1.807, 2.05) is 54.6 Å². The summed E-state index contributed by atoms with van der Waals surface area (Å²) >= 11 is 0. The van der Waals surface area contributed by atoms with Crippen molar-refractivity contribution in [1.29, 1.82) is 0 Å². The van der Waals surface area contributed by atoms with Crippen LogP contribution < -0.4 is 10.2 Å². The summed E-state index contributed by atoms with van der Waals surface area (Å²) in [6, 6.07) is 17.9. The fourth-order valence-electron chi connectivity index (χ4n) is 4.01. The lowest BCUT2D eigenvalue weighted by Crippen LogP contribution is -2.29. The van der Waals surface area contributed by atoms with Gasteiger partial charge in [-0.2, -0.15) is 13.2 Å². The van der Waals surface area contributed by atoms with Crippen molar-refractivity contribution in [1.82, 2.24) is 15.2 Å². The second kappa shape index (κ2) is 9.49. The highest BCUT2D eigenvalue weighted by Gasteiger charge is 2.33. The summed E-state index contributed by atoms with van der Waals surface area (Å²) in [5.74, 6) is -0.309. The Hall–Kier alpha value is -4.54. The van der Waals surface area contributed by atoms with Crippen molar-refractivity contribution in [2.24, 2.45) is 4.99 Å². The number of hydrogen-bond acceptors (Lipinski definition) is 8. The Labute approximate surface area is 209 Å². The zero-order valence-corrected chi connectivity index (χ0v) is 19.8. The van der Waals surface area contributed by atoms with Gasteiger partial charge in [-0.15, -0.1) is 5.10 Å². The van der Waals surface area contributed by atoms with Crippen molar-refractivity contribution in [2.45, 2.75) is 18.8 Å². The van der Waals surface area contributed by atoms with Crippen LogP contribution in [-0.4, -0.2) is 46.9 Å². The molecule has 1 aliphatic rings. The van der Waals surface area contributed by atoms with Crippen LogP contribution in [0.4, 0.5) is 24.9 Å². The molecule has 1 atom stereocenters. The number of fused-ring (bicyclic) bond motifs is 1. The maximum atomic E-state index is 13.2. The normalized spacial score (nSPS) is 15.5. The van der Waals surface area contributed by atoms with Crippen molar-refractivity contribution in [3.63, 3.8) is 0 Å². The smallest absolute Gasteiger partial charge is 0.402 e. The van der Waals surface area contributed by atoms with Gasteiger partial charge in [0.05, 0.1) is 17.0 Å². The van der Waals surface area contributed by atoms with E-state index in [-0.39, 0.29) is 35.5 Å². The van der Waals surface area contributed by atoms with Crippen molar-refractivity contribution >= 4 is 23.2 Å². The van der Waals surface area contributed by atoms with Crippen LogP contribution in [0.3, 0.4) is 0 Å². The van der Waals surface area contributed by atoms with Gasteiger partial charge in [-0.25, -0.2) is 4.98 Å². The summed E-state index contributed by atoms with van der Waals surface area (Å²) in [5.41, 5.74) is 2.49. The zero-order chi connectivity index (χ0) is 26.2. The van der Waals surface area contributed by atoms with Crippen LogP contribution in [0.5, 0.6) is 0 Å². The molecule has 1 N–H and O–H groups in total. The number of aliphatic imine (C=N–C) groups is 1. The van der Waals surface area contributed by atoms with Gasteiger partial charge in [-0.1, -0.05) is 59.7 Å². The lowest BCUT2D eigenvalue weighted by Gasteiger charge is -2.17. The van der Waals surface area contributed by atoms with E-state index >= 15 is 0 Å². The molecule has 0 saturated carbocycles. The number of alkyl halides is 3. The third-order valence-corrected chi connectivity index (χ3v) is 5.81. The highest BCUT2D eigenvalue weighted by atomic mass is 19.4. The Balaban J connectivity index is 1.49. The number of rotatable bonds is 5. The molecule has 188 valence electrons. The molecule has 1 aliphatic heterocycles. The summed E-state index contributed by atoms with van der Waals surface area (Å²) in [4.78, 5) is 23.2. The van der Waals surface area contributed by atoms with Crippen LogP contribution in [0, 0.1) is 0 Å². The van der Waals surface area contributed by atoms with Gasteiger partial charge >= 0.3 is 12.2 Å². The minimum Gasteiger partial charge on any atom is -0.402 e. The highest BCUT2D eigenvalue weighted by Crippen LogP contribution is 2.35. The van der Waals surface area contributed by atoms with Gasteiger partial charge in [0.1, 0.15) is 0 Å². The predicted molar refractivity (Wildman–Crippen MR) is 132 cm³/mol. The van der Waals surface area contributed by atoms with Gasteiger partial charge < -0.3 is 14.6 Å². The number of Topliss-reactive ketones (excluding diaryl/α,β-unsaturated/α-hetero) is 1. The molecule has 0 amide bonds. The summed E-state index contributed by atoms with van der Waals surface area (Å²) in [7, 11) is 3.16. The number of hydrogen-bond donors (Lipinski definition) is 1. The topological polar surface area (TPSA) is 96.5 Å². The molecule has 11 heteroatoms. The number of aromatic nitrogens is 3. The SMILES string of the molecule is CN(C)c1cc(C(F)(F)F)cnc1-c1nnc(N[C@H]2N=C(c3ccccc3)c3ccccc3CC2=O)o1. The molecule has 3 heterocycles. The number of nitrogens with one attached hydrogen (secondary N) is 1. The van der Waals surface area contributed by atoms with Crippen molar-refractivity contribution < 1.29 is 22.4 Å². The lowest BCUT2D eigenvalue weighted by molar-refractivity contribution is -0.137. The van der Waals surface area contributed by atoms with Crippen LogP contribution >= 0.6 is 0 Å². The second-order valence-corrected chi connectivity index (χ2v) is 8.59. The molecule has 0 aliphatic carbocycles. The molecule has 0 spiro atoms. The first kappa shape index (κ1) is 24.2. The summed E-state index contributed by atoms with van der Waals surface area (Å²) in [6.45, 7) is 0. The molecule has 4 aromatic rings. The number of ketones is 1. The van der Waals surface area contributed by atoms with E-state index in [2.05, 4.69) is 20.5 Å². The predicted octanol–water partition coefficient (Wildman–Crippen LogP) is 4.62. The molecule has 0 bridgehead atoms. The molecule has 5 rings (SSSR count). The van der Waals surface area contributed by atoms with Crippen LogP contribution in [0.1, 0.15) is 22.3 Å². The molecule has 37 heavy (non-hydrogen) atoms. The molecular formula is C26H21F3N6O2. The van der Waals surface area contributed by atoms with Crippen LogP contribution in [0.25, 0.3) is 11.6 Å². The third-order valence-electron chi connectivity index (χ3n) is 5.81. The monoisotopic (exact) mass is 506 g/mol. The maximum Gasteiger partial charge on any atom is 0.417 e. The van der Waals surface area contributed by atoms with Crippen molar-refractivity contribution in [2.75, 3.05) is 24.3 Å². The number of carbonyl (C=O) groups is 1. The Kier molecular flexibility index (Phi) is 6.20. The number of halogens is 3. The van der Waals surface area contributed by atoms with Gasteiger partial charge in [0.15, 0.2) is 17.6 Å². The quantitative estimate of drug-likeness (QED) is 0.422. The summed E-state index contributed by atoms with van der Waals surface area (Å²) in [6.07, 6.45) is -4.73. The molecule has 0 radical (unpaired) electrons. The summed E-state index contributed by atoms with van der Waals surface area (Å²) < 4.78 is 45.2. The maximum absolute atomic E-state index is 13.2. The largest absolute Gasteiger partial charge is 0.417 e. The fraction of sp³-hybridized carbons (Fsp3) is 0.192. The molecule has 2 aromatic heterocycles. The molecule has 0 fully saturated rings.